The SMILES string of the molecule is CC(C)C1Cc2cc(OS(=O)(=O)O)ccc2C#Cc2ccc(OS(=O)(=O)O)cc21. The molecular formula is C19H18O8S2. The van der Waals surface area contributed by atoms with Crippen molar-refractivity contribution >= 4 is 20.8 Å². The van der Waals surface area contributed by atoms with Crippen molar-refractivity contribution in [1.82, 2.24) is 0 Å². The highest BCUT2D eigenvalue weighted by molar-refractivity contribution is 7.81. The van der Waals surface area contributed by atoms with Crippen molar-refractivity contribution in [3.05, 3.63) is 58.7 Å². The minimum absolute atomic E-state index is 0.0389. The van der Waals surface area contributed by atoms with Gasteiger partial charge in [-0.3, -0.25) is 9.11 Å². The van der Waals surface area contributed by atoms with Gasteiger partial charge in [-0.1, -0.05) is 25.7 Å². The van der Waals surface area contributed by atoms with E-state index in [1.165, 1.54) is 24.3 Å². The van der Waals surface area contributed by atoms with Gasteiger partial charge in [0.15, 0.2) is 0 Å². The highest BCUT2D eigenvalue weighted by atomic mass is 32.3. The van der Waals surface area contributed by atoms with Gasteiger partial charge in [-0.25, -0.2) is 0 Å². The monoisotopic (exact) mass is 438 g/mol. The van der Waals surface area contributed by atoms with E-state index in [-0.39, 0.29) is 23.3 Å². The fourth-order valence-corrected chi connectivity index (χ4v) is 3.94. The molecular weight excluding hydrogens is 420 g/mol. The Hall–Kier alpha value is -2.58. The fraction of sp³-hybridized carbons (Fsp3) is 0.263. The average molecular weight is 438 g/mol. The van der Waals surface area contributed by atoms with Crippen molar-refractivity contribution in [3.63, 3.8) is 0 Å². The third-order valence-electron chi connectivity index (χ3n) is 4.48. The van der Waals surface area contributed by atoms with Crippen LogP contribution in [0.1, 0.15) is 42.0 Å². The maximum Gasteiger partial charge on any atom is 0.446 e. The van der Waals surface area contributed by atoms with Gasteiger partial charge in [0.25, 0.3) is 0 Å². The molecule has 0 radical (unpaired) electrons. The topological polar surface area (TPSA) is 127 Å². The lowest BCUT2D eigenvalue weighted by Crippen LogP contribution is -2.15. The molecule has 154 valence electrons. The lowest BCUT2D eigenvalue weighted by molar-refractivity contribution is 0.383. The van der Waals surface area contributed by atoms with E-state index in [9.17, 15) is 16.8 Å². The van der Waals surface area contributed by atoms with Crippen molar-refractivity contribution in [2.24, 2.45) is 5.92 Å². The second-order valence-electron chi connectivity index (χ2n) is 6.89. The van der Waals surface area contributed by atoms with Gasteiger partial charge in [-0.2, -0.15) is 16.8 Å². The largest absolute Gasteiger partial charge is 0.446 e. The molecule has 1 aliphatic carbocycles. The molecule has 0 fully saturated rings. The summed E-state index contributed by atoms with van der Waals surface area (Å²) >= 11 is 0. The Morgan fingerprint density at radius 3 is 1.97 bits per heavy atom. The molecule has 0 spiro atoms. The Balaban J connectivity index is 2.10. The minimum atomic E-state index is -4.66. The Morgan fingerprint density at radius 2 is 1.41 bits per heavy atom. The summed E-state index contributed by atoms with van der Waals surface area (Å²) in [6, 6.07) is 9.06. The van der Waals surface area contributed by atoms with E-state index in [1.54, 1.807) is 12.1 Å². The molecule has 0 heterocycles. The van der Waals surface area contributed by atoms with Crippen LogP contribution in [0.4, 0.5) is 0 Å². The van der Waals surface area contributed by atoms with Gasteiger partial charge in [0.1, 0.15) is 11.5 Å². The van der Waals surface area contributed by atoms with Gasteiger partial charge in [0.05, 0.1) is 0 Å². The summed E-state index contributed by atoms with van der Waals surface area (Å²) in [6.45, 7) is 3.97. The summed E-state index contributed by atoms with van der Waals surface area (Å²) in [5.41, 5.74) is 2.82. The number of benzene rings is 2. The number of rotatable bonds is 5. The van der Waals surface area contributed by atoms with Gasteiger partial charge < -0.3 is 8.37 Å². The van der Waals surface area contributed by atoms with Crippen LogP contribution in [0.25, 0.3) is 0 Å². The zero-order valence-electron chi connectivity index (χ0n) is 15.5. The molecule has 29 heavy (non-hydrogen) atoms. The van der Waals surface area contributed by atoms with Gasteiger partial charge in [-0.15, -0.1) is 0 Å². The molecule has 8 nitrogen and oxygen atoms in total. The predicted octanol–water partition coefficient (Wildman–Crippen LogP) is 2.75. The molecule has 10 heteroatoms. The molecule has 1 atom stereocenters. The molecule has 2 aromatic carbocycles. The molecule has 3 rings (SSSR count). The molecule has 0 saturated heterocycles. The first kappa shape index (κ1) is 21.1. The molecule has 0 aromatic heterocycles. The van der Waals surface area contributed by atoms with Crippen LogP contribution in [0.2, 0.25) is 0 Å². The van der Waals surface area contributed by atoms with Crippen LogP contribution in [0.3, 0.4) is 0 Å². The Bertz CT molecular complexity index is 1220. The van der Waals surface area contributed by atoms with Gasteiger partial charge in [0, 0.05) is 11.1 Å². The van der Waals surface area contributed by atoms with Crippen LogP contribution < -0.4 is 8.37 Å². The van der Waals surface area contributed by atoms with Crippen LogP contribution in [0.15, 0.2) is 36.4 Å². The van der Waals surface area contributed by atoms with E-state index in [2.05, 4.69) is 20.2 Å². The smallest absolute Gasteiger partial charge is 0.362 e. The number of hydrogen-bond acceptors (Lipinski definition) is 6. The van der Waals surface area contributed by atoms with Gasteiger partial charge >= 0.3 is 20.8 Å². The number of fused-ring (bicyclic) bond motifs is 2. The standard InChI is InChI=1S/C19H18O8S2/c1-12(2)18-10-15-9-16(26-28(20,21)22)7-5-13(15)3-4-14-6-8-17(11-19(14)18)27-29(23,24)25/h5-9,11-12,18H,10H2,1-2H3,(H,20,21,22)(H,23,24,25). The first-order valence-corrected chi connectivity index (χ1v) is 11.3. The second kappa shape index (κ2) is 7.68. The van der Waals surface area contributed by atoms with Crippen LogP contribution in [0, 0.1) is 17.8 Å². The van der Waals surface area contributed by atoms with E-state index in [0.717, 1.165) is 5.56 Å². The quantitative estimate of drug-likeness (QED) is 0.539. The zero-order valence-corrected chi connectivity index (χ0v) is 17.1. The third-order valence-corrected chi connectivity index (χ3v) is 5.28. The fourth-order valence-electron chi connectivity index (χ4n) is 3.25. The van der Waals surface area contributed by atoms with Crippen LogP contribution in [0.5, 0.6) is 11.5 Å². The van der Waals surface area contributed by atoms with Gasteiger partial charge in [0.2, 0.25) is 0 Å². The second-order valence-corrected chi connectivity index (χ2v) is 8.94. The molecule has 0 bridgehead atoms. The maximum absolute atomic E-state index is 11.0. The predicted molar refractivity (Wildman–Crippen MR) is 105 cm³/mol. The lowest BCUT2D eigenvalue weighted by Gasteiger charge is -2.25. The molecule has 0 amide bonds. The summed E-state index contributed by atoms with van der Waals surface area (Å²) in [4.78, 5) is 0. The highest BCUT2D eigenvalue weighted by Crippen LogP contribution is 2.36. The van der Waals surface area contributed by atoms with Crippen molar-refractivity contribution in [2.75, 3.05) is 0 Å². The Morgan fingerprint density at radius 1 is 0.897 bits per heavy atom. The van der Waals surface area contributed by atoms with Crippen molar-refractivity contribution in [3.8, 4) is 23.3 Å². The molecule has 2 aromatic rings. The Kier molecular flexibility index (Phi) is 5.60. The van der Waals surface area contributed by atoms with E-state index in [1.807, 2.05) is 13.8 Å². The molecule has 0 aliphatic heterocycles. The third kappa shape index (κ3) is 5.48. The van der Waals surface area contributed by atoms with Crippen molar-refractivity contribution < 1.29 is 34.3 Å². The normalized spacial score (nSPS) is 16.0. The van der Waals surface area contributed by atoms with Crippen molar-refractivity contribution in [2.45, 2.75) is 26.2 Å². The summed E-state index contributed by atoms with van der Waals surface area (Å²) in [7, 11) is -9.32. The van der Waals surface area contributed by atoms with E-state index in [0.29, 0.717) is 23.1 Å². The summed E-state index contributed by atoms with van der Waals surface area (Å²) in [6.07, 6.45) is 0.451. The number of hydrogen-bond donors (Lipinski definition) is 2. The summed E-state index contributed by atoms with van der Waals surface area (Å²) in [5.74, 6) is 5.95. The molecule has 1 aliphatic rings. The van der Waals surface area contributed by atoms with E-state index in [4.69, 9.17) is 9.11 Å². The Labute approximate surface area is 169 Å². The summed E-state index contributed by atoms with van der Waals surface area (Å²) in [5, 5.41) is 0. The molecule has 2 N–H and O–H groups in total. The summed E-state index contributed by atoms with van der Waals surface area (Å²) < 4.78 is 71.1. The molecule has 1 unspecified atom stereocenters. The van der Waals surface area contributed by atoms with Crippen molar-refractivity contribution in [1.29, 1.82) is 0 Å². The first-order chi connectivity index (χ1) is 13.4. The maximum atomic E-state index is 11.0. The average Bonchev–Trinajstić information content (AvgIpc) is 2.54. The first-order valence-electron chi connectivity index (χ1n) is 8.54. The van der Waals surface area contributed by atoms with E-state index >= 15 is 0 Å². The molecule has 0 saturated carbocycles. The van der Waals surface area contributed by atoms with Crippen LogP contribution in [-0.4, -0.2) is 25.9 Å². The lowest BCUT2D eigenvalue weighted by atomic mass is 9.79. The highest BCUT2D eigenvalue weighted by Gasteiger charge is 2.24. The van der Waals surface area contributed by atoms with Crippen LogP contribution >= 0.6 is 0 Å². The zero-order chi connectivity index (χ0) is 21.4. The van der Waals surface area contributed by atoms with E-state index < -0.39 is 20.8 Å². The van der Waals surface area contributed by atoms with Gasteiger partial charge in [-0.05, 0) is 65.8 Å². The minimum Gasteiger partial charge on any atom is -0.362 e. The van der Waals surface area contributed by atoms with Crippen LogP contribution in [-0.2, 0) is 27.2 Å².